The lowest BCUT2D eigenvalue weighted by atomic mass is 10.1. The Balaban J connectivity index is 1.68. The molecular weight excluding hydrogens is 422 g/mol. The number of anilines is 3. The molecule has 2 aromatic rings. The highest BCUT2D eigenvalue weighted by Crippen LogP contribution is 2.17. The number of amides is 2. The number of aryl methyl sites for hydroxylation is 1. The van der Waals surface area contributed by atoms with Gasteiger partial charge in [-0.2, -0.15) is 0 Å². The molecule has 0 saturated carbocycles. The molecule has 2 amide bonds. The van der Waals surface area contributed by atoms with Gasteiger partial charge in [0.2, 0.25) is 5.91 Å². The second kappa shape index (κ2) is 12.0. The van der Waals surface area contributed by atoms with E-state index in [0.717, 1.165) is 30.5 Å². The number of hydrogen-bond acceptors (Lipinski definition) is 9. The number of aromatic nitrogens is 2. The second-order valence-corrected chi connectivity index (χ2v) is 7.14. The van der Waals surface area contributed by atoms with Gasteiger partial charge in [-0.25, -0.2) is 9.97 Å². The van der Waals surface area contributed by atoms with Crippen LogP contribution in [0.25, 0.3) is 0 Å². The molecule has 1 unspecified atom stereocenters. The molecule has 1 aromatic heterocycles. The maximum absolute atomic E-state index is 12.2. The first-order valence-electron chi connectivity index (χ1n) is 9.77. The number of nitrogens with one attached hydrogen (secondary N) is 3. The molecule has 12 heteroatoms. The number of nitrogens with two attached hydrogens (primary N) is 4. The molecule has 11 nitrogen and oxygen atoms in total. The normalized spacial score (nSPS) is 11.7. The lowest BCUT2D eigenvalue weighted by Gasteiger charge is -2.16. The van der Waals surface area contributed by atoms with Crippen molar-refractivity contribution in [3.63, 3.8) is 0 Å². The summed E-state index contributed by atoms with van der Waals surface area (Å²) < 4.78 is 0. The first-order chi connectivity index (χ1) is 14.8. The Labute approximate surface area is 185 Å². The summed E-state index contributed by atoms with van der Waals surface area (Å²) in [6, 6.07) is 7.68. The van der Waals surface area contributed by atoms with Crippen molar-refractivity contribution < 1.29 is 9.59 Å². The Hall–Kier alpha value is -2.99. The maximum Gasteiger partial charge on any atom is 0.276 e. The second-order valence-electron chi connectivity index (χ2n) is 6.78. The Kier molecular flexibility index (Phi) is 9.40. The fraction of sp³-hybridized carbons (Fsp3) is 0.368. The minimum absolute atomic E-state index is 0.0517. The number of nitrogen functional groups attached to an aromatic ring is 2. The summed E-state index contributed by atoms with van der Waals surface area (Å²) >= 11 is 5.77. The smallest absolute Gasteiger partial charge is 0.276 e. The zero-order chi connectivity index (χ0) is 22.8. The fourth-order valence-corrected chi connectivity index (χ4v) is 2.82. The largest absolute Gasteiger partial charge is 0.382 e. The highest BCUT2D eigenvalue weighted by Gasteiger charge is 2.17. The van der Waals surface area contributed by atoms with E-state index in [1.54, 1.807) is 0 Å². The van der Waals surface area contributed by atoms with Gasteiger partial charge < -0.3 is 27.8 Å². The highest BCUT2D eigenvalue weighted by molar-refractivity contribution is 6.31. The van der Waals surface area contributed by atoms with Crippen LogP contribution in [-0.4, -0.2) is 41.2 Å². The summed E-state index contributed by atoms with van der Waals surface area (Å²) in [6.45, 7) is 0.918. The van der Waals surface area contributed by atoms with E-state index in [1.165, 1.54) is 0 Å². The van der Waals surface area contributed by atoms with Gasteiger partial charge in [0.25, 0.3) is 5.91 Å². The van der Waals surface area contributed by atoms with Crippen LogP contribution in [0, 0.1) is 0 Å². The van der Waals surface area contributed by atoms with Crippen molar-refractivity contribution in [1.82, 2.24) is 20.6 Å². The van der Waals surface area contributed by atoms with Crippen LogP contribution in [-0.2, 0) is 11.2 Å². The van der Waals surface area contributed by atoms with Gasteiger partial charge in [-0.1, -0.05) is 23.7 Å². The molecule has 0 aliphatic rings. The van der Waals surface area contributed by atoms with E-state index in [2.05, 4.69) is 25.9 Å². The molecule has 31 heavy (non-hydrogen) atoms. The van der Waals surface area contributed by atoms with E-state index in [-0.39, 0.29) is 28.4 Å². The molecule has 168 valence electrons. The number of benzene rings is 1. The molecule has 0 aliphatic carbocycles. The van der Waals surface area contributed by atoms with Crippen LogP contribution >= 0.6 is 11.6 Å². The van der Waals surface area contributed by atoms with Gasteiger partial charge in [-0.15, -0.1) is 0 Å². The Bertz CT molecular complexity index is 893. The van der Waals surface area contributed by atoms with Gasteiger partial charge in [0.15, 0.2) is 22.5 Å². The van der Waals surface area contributed by atoms with Gasteiger partial charge in [0, 0.05) is 18.7 Å². The van der Waals surface area contributed by atoms with Crippen LogP contribution in [0.4, 0.5) is 17.3 Å². The van der Waals surface area contributed by atoms with Crippen LogP contribution in [0.2, 0.25) is 5.15 Å². The summed E-state index contributed by atoms with van der Waals surface area (Å²) in [6.07, 6.45) is 2.14. The maximum atomic E-state index is 12.2. The van der Waals surface area contributed by atoms with Crippen molar-refractivity contribution in [3.8, 4) is 0 Å². The monoisotopic (exact) mass is 449 g/mol. The number of nitrogens with zero attached hydrogens (tertiary/aromatic N) is 2. The van der Waals surface area contributed by atoms with Crippen molar-refractivity contribution >= 4 is 40.7 Å². The quantitative estimate of drug-likeness (QED) is 0.184. The predicted octanol–water partition coefficient (Wildman–Crippen LogP) is 0.166. The molecule has 0 saturated heterocycles. The lowest BCUT2D eigenvalue weighted by molar-refractivity contribution is -0.116. The summed E-state index contributed by atoms with van der Waals surface area (Å²) in [5, 5.41) is 8.21. The third-order valence-corrected chi connectivity index (χ3v) is 4.55. The number of hydrogen-bond donors (Lipinski definition) is 7. The van der Waals surface area contributed by atoms with Crippen molar-refractivity contribution in [1.29, 1.82) is 0 Å². The average Bonchev–Trinajstić information content (AvgIpc) is 2.71. The third-order valence-electron chi connectivity index (χ3n) is 4.27. The van der Waals surface area contributed by atoms with Crippen molar-refractivity contribution in [2.75, 3.05) is 29.9 Å². The van der Waals surface area contributed by atoms with E-state index in [1.807, 2.05) is 24.3 Å². The van der Waals surface area contributed by atoms with Gasteiger partial charge >= 0.3 is 0 Å². The predicted molar refractivity (Wildman–Crippen MR) is 121 cm³/mol. The molecule has 0 aliphatic heterocycles. The zero-order valence-electron chi connectivity index (χ0n) is 17.0. The lowest BCUT2D eigenvalue weighted by Crippen LogP contribution is -2.52. The van der Waals surface area contributed by atoms with Crippen LogP contribution < -0.4 is 38.9 Å². The Morgan fingerprint density at radius 3 is 2.45 bits per heavy atom. The molecule has 0 fully saturated rings. The molecule has 0 bridgehead atoms. The standard InChI is InChI=1S/C19H28ClN9O2/c20-15-17(23)28-16(22)14(27-15)18(31)29-19(24)25-10-2-1-3-11-4-6-12(7-5-11)26-13(30)8-9-21/h4-7,19,25H,1-3,8-10,21,24H2,(H,26,30)(H,29,31)(H4,22,23,28). The average molecular weight is 450 g/mol. The van der Waals surface area contributed by atoms with Gasteiger partial charge in [-0.3, -0.25) is 20.6 Å². The molecule has 1 aromatic carbocycles. The third kappa shape index (κ3) is 7.98. The van der Waals surface area contributed by atoms with Crippen LogP contribution in [0.1, 0.15) is 35.3 Å². The van der Waals surface area contributed by atoms with E-state index >= 15 is 0 Å². The number of carbonyl (C=O) groups excluding carboxylic acids is 2. The summed E-state index contributed by atoms with van der Waals surface area (Å²) in [5.74, 6) is -0.884. The van der Waals surface area contributed by atoms with Gasteiger partial charge in [0.1, 0.15) is 6.29 Å². The van der Waals surface area contributed by atoms with Crippen molar-refractivity contribution in [2.24, 2.45) is 11.5 Å². The highest BCUT2D eigenvalue weighted by atomic mass is 35.5. The molecule has 0 radical (unpaired) electrons. The molecule has 0 spiro atoms. The minimum atomic E-state index is -0.790. The molecular formula is C19H28ClN9O2. The number of rotatable bonds is 11. The van der Waals surface area contributed by atoms with Crippen molar-refractivity contribution in [2.45, 2.75) is 32.0 Å². The van der Waals surface area contributed by atoms with Crippen LogP contribution in [0.5, 0.6) is 0 Å². The zero-order valence-corrected chi connectivity index (χ0v) is 17.8. The summed E-state index contributed by atoms with van der Waals surface area (Å²) in [4.78, 5) is 31.3. The molecule has 1 atom stereocenters. The van der Waals surface area contributed by atoms with Gasteiger partial charge in [-0.05, 0) is 43.5 Å². The van der Waals surface area contributed by atoms with E-state index in [4.69, 9.17) is 34.5 Å². The van der Waals surface area contributed by atoms with E-state index in [9.17, 15) is 9.59 Å². The minimum Gasteiger partial charge on any atom is -0.382 e. The number of unbranched alkanes of at least 4 members (excludes halogenated alkanes) is 1. The Morgan fingerprint density at radius 2 is 1.77 bits per heavy atom. The molecule has 1 heterocycles. The van der Waals surface area contributed by atoms with E-state index in [0.29, 0.717) is 19.5 Å². The van der Waals surface area contributed by atoms with Crippen LogP contribution in [0.3, 0.4) is 0 Å². The first kappa shape index (κ1) is 24.3. The summed E-state index contributed by atoms with van der Waals surface area (Å²) in [5.41, 5.74) is 24.1. The van der Waals surface area contributed by atoms with Crippen molar-refractivity contribution in [3.05, 3.63) is 40.7 Å². The number of halogens is 1. The fourth-order valence-electron chi connectivity index (χ4n) is 2.69. The van der Waals surface area contributed by atoms with E-state index < -0.39 is 12.2 Å². The molecule has 11 N–H and O–H groups in total. The first-order valence-corrected chi connectivity index (χ1v) is 10.1. The summed E-state index contributed by atoms with van der Waals surface area (Å²) in [7, 11) is 0. The Morgan fingerprint density at radius 1 is 1.06 bits per heavy atom. The SMILES string of the molecule is NCCC(=O)Nc1ccc(CCCCNC(N)NC(=O)c2nc(Cl)c(N)nc2N)cc1. The van der Waals surface area contributed by atoms with Gasteiger partial charge in [0.05, 0.1) is 0 Å². The topological polar surface area (TPSA) is 200 Å². The molecule has 2 rings (SSSR count). The van der Waals surface area contributed by atoms with Crippen LogP contribution in [0.15, 0.2) is 24.3 Å². The number of carbonyl (C=O) groups is 2.